The fourth-order valence-electron chi connectivity index (χ4n) is 2.13. The van der Waals surface area contributed by atoms with Crippen molar-refractivity contribution < 1.29 is 19.4 Å². The van der Waals surface area contributed by atoms with Gasteiger partial charge >= 0.3 is 5.97 Å². The molecule has 0 aromatic carbocycles. The lowest BCUT2D eigenvalue weighted by Crippen LogP contribution is -2.39. The van der Waals surface area contributed by atoms with E-state index in [1.54, 1.807) is 11.8 Å². The Bertz CT molecular complexity index is 335. The van der Waals surface area contributed by atoms with Crippen molar-refractivity contribution in [2.24, 2.45) is 11.8 Å². The van der Waals surface area contributed by atoms with Gasteiger partial charge in [0.15, 0.2) is 0 Å². The fourth-order valence-corrected chi connectivity index (χ4v) is 2.80. The van der Waals surface area contributed by atoms with Gasteiger partial charge in [0, 0.05) is 24.5 Å². The number of carboxylic acids is 1. The molecule has 1 unspecified atom stereocenters. The minimum atomic E-state index is -0.833. The van der Waals surface area contributed by atoms with Crippen molar-refractivity contribution in [1.29, 1.82) is 0 Å². The van der Waals surface area contributed by atoms with E-state index in [4.69, 9.17) is 4.74 Å². The maximum atomic E-state index is 11.7. The van der Waals surface area contributed by atoms with E-state index in [9.17, 15) is 14.7 Å². The summed E-state index contributed by atoms with van der Waals surface area (Å²) >= 11 is 1.56. The van der Waals surface area contributed by atoms with Gasteiger partial charge in [-0.25, -0.2) is 0 Å². The number of amides is 1. The predicted octanol–water partition coefficient (Wildman–Crippen LogP) is 1.76. The second kappa shape index (κ2) is 7.88. The number of thioether (sulfide) groups is 1. The molecular weight excluding hydrogens is 278 g/mol. The maximum absolute atomic E-state index is 11.7. The minimum Gasteiger partial charge on any atom is -0.481 e. The van der Waals surface area contributed by atoms with E-state index < -0.39 is 11.9 Å². The van der Waals surface area contributed by atoms with E-state index in [1.165, 1.54) is 0 Å². The van der Waals surface area contributed by atoms with Crippen molar-refractivity contribution in [3.05, 3.63) is 0 Å². The topological polar surface area (TPSA) is 75.6 Å². The maximum Gasteiger partial charge on any atom is 0.308 e. The third kappa shape index (κ3) is 6.61. The van der Waals surface area contributed by atoms with Crippen LogP contribution in [-0.2, 0) is 14.3 Å². The summed E-state index contributed by atoms with van der Waals surface area (Å²) in [5, 5.41) is 12.1. The average molecular weight is 303 g/mol. The monoisotopic (exact) mass is 303 g/mol. The van der Waals surface area contributed by atoms with Crippen molar-refractivity contribution >= 4 is 23.6 Å². The van der Waals surface area contributed by atoms with E-state index in [1.807, 2.05) is 20.8 Å². The van der Waals surface area contributed by atoms with Crippen molar-refractivity contribution in [3.8, 4) is 0 Å². The van der Waals surface area contributed by atoms with Crippen molar-refractivity contribution in [2.45, 2.75) is 38.4 Å². The normalized spacial score (nSPS) is 18.6. The molecule has 5 nitrogen and oxygen atoms in total. The second-order valence-corrected chi connectivity index (χ2v) is 7.90. The SMILES string of the molecule is CC(C)(C)SCC(=O)NCC(C(=O)O)C1CCOCC1. The van der Waals surface area contributed by atoms with Crippen LogP contribution in [-0.4, -0.2) is 47.2 Å². The molecule has 1 atom stereocenters. The third-order valence-corrected chi connectivity index (χ3v) is 4.58. The molecule has 1 saturated heterocycles. The van der Waals surface area contributed by atoms with Crippen molar-refractivity contribution in [2.75, 3.05) is 25.5 Å². The van der Waals surface area contributed by atoms with Crippen LogP contribution in [0.2, 0.25) is 0 Å². The lowest BCUT2D eigenvalue weighted by molar-refractivity contribution is -0.144. The highest BCUT2D eigenvalue weighted by atomic mass is 32.2. The molecular formula is C14H25NO4S. The molecule has 0 bridgehead atoms. The van der Waals surface area contributed by atoms with Gasteiger partial charge < -0.3 is 15.2 Å². The molecule has 1 fully saturated rings. The molecule has 1 aliphatic rings. The highest BCUT2D eigenvalue weighted by Gasteiger charge is 2.30. The van der Waals surface area contributed by atoms with Crippen molar-refractivity contribution in [1.82, 2.24) is 5.32 Å². The molecule has 0 radical (unpaired) electrons. The molecule has 20 heavy (non-hydrogen) atoms. The van der Waals surface area contributed by atoms with Crippen LogP contribution in [0.4, 0.5) is 0 Å². The molecule has 1 aliphatic heterocycles. The van der Waals surface area contributed by atoms with E-state index in [0.717, 1.165) is 12.8 Å². The van der Waals surface area contributed by atoms with E-state index >= 15 is 0 Å². The lowest BCUT2D eigenvalue weighted by atomic mass is 9.86. The molecule has 1 amide bonds. The molecule has 6 heteroatoms. The van der Waals surface area contributed by atoms with Gasteiger partial charge in [-0.05, 0) is 18.8 Å². The van der Waals surface area contributed by atoms with Gasteiger partial charge in [0.1, 0.15) is 0 Å². The number of ether oxygens (including phenoxy) is 1. The highest BCUT2D eigenvalue weighted by molar-refractivity contribution is 8.01. The van der Waals surface area contributed by atoms with Crippen LogP contribution in [0.5, 0.6) is 0 Å². The smallest absolute Gasteiger partial charge is 0.308 e. The zero-order valence-electron chi connectivity index (χ0n) is 12.5. The van der Waals surface area contributed by atoms with Crippen molar-refractivity contribution in [3.63, 3.8) is 0 Å². The van der Waals surface area contributed by atoms with Crippen LogP contribution in [0.1, 0.15) is 33.6 Å². The van der Waals surface area contributed by atoms with Crippen LogP contribution in [0.25, 0.3) is 0 Å². The molecule has 0 aliphatic carbocycles. The second-order valence-electron chi connectivity index (χ2n) is 6.10. The van der Waals surface area contributed by atoms with E-state index in [-0.39, 0.29) is 23.1 Å². The Morgan fingerprint density at radius 1 is 1.35 bits per heavy atom. The molecule has 1 rings (SSSR count). The Morgan fingerprint density at radius 3 is 2.45 bits per heavy atom. The summed E-state index contributed by atoms with van der Waals surface area (Å²) in [6.45, 7) is 7.58. The first-order valence-corrected chi connectivity index (χ1v) is 7.99. The first kappa shape index (κ1) is 17.3. The Labute approximate surface area is 124 Å². The number of aliphatic carboxylic acids is 1. The summed E-state index contributed by atoms with van der Waals surface area (Å²) in [4.78, 5) is 23.1. The summed E-state index contributed by atoms with van der Waals surface area (Å²) in [5.74, 6) is -0.980. The average Bonchev–Trinajstić information content (AvgIpc) is 2.36. The minimum absolute atomic E-state index is 0.0320. The number of rotatable bonds is 6. The molecule has 0 aromatic heterocycles. The summed E-state index contributed by atoms with van der Waals surface area (Å²) in [6, 6.07) is 0. The summed E-state index contributed by atoms with van der Waals surface area (Å²) < 4.78 is 5.28. The summed E-state index contributed by atoms with van der Waals surface area (Å²) in [6.07, 6.45) is 1.51. The standard InChI is InChI=1S/C14H25NO4S/c1-14(2,3)20-9-12(16)15-8-11(13(17)18)10-4-6-19-7-5-10/h10-11H,4-9H2,1-3H3,(H,15,16)(H,17,18). The predicted molar refractivity (Wildman–Crippen MR) is 79.9 cm³/mol. The van der Waals surface area contributed by atoms with Gasteiger partial charge in [-0.1, -0.05) is 20.8 Å². The van der Waals surface area contributed by atoms with Crippen LogP contribution in [0.15, 0.2) is 0 Å². The molecule has 0 spiro atoms. The summed E-state index contributed by atoms with van der Waals surface area (Å²) in [7, 11) is 0. The van der Waals surface area contributed by atoms with Crippen LogP contribution >= 0.6 is 11.8 Å². The number of hydrogen-bond donors (Lipinski definition) is 2. The Balaban J connectivity index is 2.38. The van der Waals surface area contributed by atoms with Crippen LogP contribution < -0.4 is 5.32 Å². The molecule has 0 aromatic rings. The Hall–Kier alpha value is -0.750. The van der Waals surface area contributed by atoms with Crippen LogP contribution in [0, 0.1) is 11.8 Å². The fraction of sp³-hybridized carbons (Fsp3) is 0.857. The quantitative estimate of drug-likeness (QED) is 0.782. The zero-order valence-corrected chi connectivity index (χ0v) is 13.3. The molecule has 0 saturated carbocycles. The van der Waals surface area contributed by atoms with Gasteiger partial charge in [-0.3, -0.25) is 9.59 Å². The number of carbonyl (C=O) groups excluding carboxylic acids is 1. The zero-order chi connectivity index (χ0) is 15.2. The van der Waals surface area contributed by atoms with Gasteiger partial charge in [0.25, 0.3) is 0 Å². The number of carbonyl (C=O) groups is 2. The van der Waals surface area contributed by atoms with Gasteiger partial charge in [-0.15, -0.1) is 11.8 Å². The lowest BCUT2D eigenvalue weighted by Gasteiger charge is -2.27. The van der Waals surface area contributed by atoms with E-state index in [0.29, 0.717) is 19.0 Å². The number of hydrogen-bond acceptors (Lipinski definition) is 4. The Morgan fingerprint density at radius 2 is 1.95 bits per heavy atom. The highest BCUT2D eigenvalue weighted by Crippen LogP contribution is 2.24. The van der Waals surface area contributed by atoms with Gasteiger partial charge in [-0.2, -0.15) is 0 Å². The van der Waals surface area contributed by atoms with Crippen LogP contribution in [0.3, 0.4) is 0 Å². The molecule has 116 valence electrons. The van der Waals surface area contributed by atoms with E-state index in [2.05, 4.69) is 5.32 Å². The first-order valence-electron chi connectivity index (χ1n) is 7.01. The third-order valence-electron chi connectivity index (χ3n) is 3.31. The molecule has 2 N–H and O–H groups in total. The molecule has 1 heterocycles. The Kier molecular flexibility index (Phi) is 6.82. The number of carboxylic acid groups (broad SMARTS) is 1. The largest absolute Gasteiger partial charge is 0.481 e. The summed E-state index contributed by atoms with van der Waals surface area (Å²) in [5.41, 5.74) is 0. The van der Waals surface area contributed by atoms with Gasteiger partial charge in [0.05, 0.1) is 11.7 Å². The van der Waals surface area contributed by atoms with Gasteiger partial charge in [0.2, 0.25) is 5.91 Å². The number of nitrogens with one attached hydrogen (secondary N) is 1. The first-order chi connectivity index (χ1) is 9.29.